The molecular weight excluding hydrogens is 251 g/mol. The molecule has 76 valence electrons. The van der Waals surface area contributed by atoms with Crippen LogP contribution >= 0.6 is 15.9 Å². The normalized spacial score (nSPS) is 12.6. The summed E-state index contributed by atoms with van der Waals surface area (Å²) in [6.45, 7) is 1.44. The van der Waals surface area contributed by atoms with Gasteiger partial charge in [0.15, 0.2) is 5.78 Å². The number of Topliss-reactive ketones (excluding diaryl/α,β-unsaturated/α-hetero) is 1. The van der Waals surface area contributed by atoms with Gasteiger partial charge in [0.25, 0.3) is 0 Å². The predicted octanol–water partition coefficient (Wildman–Crippen LogP) is 2.86. The number of carbonyl (C=O) groups is 1. The molecule has 0 fully saturated rings. The van der Waals surface area contributed by atoms with E-state index in [1.165, 1.54) is 26.2 Å². The first kappa shape index (κ1) is 11.3. The average molecular weight is 261 g/mol. The lowest BCUT2D eigenvalue weighted by molar-refractivity contribution is -0.126. The largest absolute Gasteiger partial charge is 0.369 e. The molecule has 1 aromatic carbocycles. The van der Waals surface area contributed by atoms with Crippen LogP contribution < -0.4 is 0 Å². The summed E-state index contributed by atoms with van der Waals surface area (Å²) in [6.07, 6.45) is -0.619. The summed E-state index contributed by atoms with van der Waals surface area (Å²) >= 11 is 3.05. The van der Waals surface area contributed by atoms with Crippen LogP contribution in [0.3, 0.4) is 0 Å². The molecule has 0 saturated heterocycles. The van der Waals surface area contributed by atoms with Crippen molar-refractivity contribution in [1.82, 2.24) is 0 Å². The van der Waals surface area contributed by atoms with Gasteiger partial charge in [0.1, 0.15) is 11.9 Å². The number of ketones is 1. The van der Waals surface area contributed by atoms with E-state index in [1.54, 1.807) is 6.07 Å². The third kappa shape index (κ3) is 2.39. The second-order valence-electron chi connectivity index (χ2n) is 2.90. The van der Waals surface area contributed by atoms with Crippen molar-refractivity contribution in [1.29, 1.82) is 0 Å². The Bertz CT molecular complexity index is 352. The fourth-order valence-corrected chi connectivity index (χ4v) is 1.61. The van der Waals surface area contributed by atoms with E-state index in [4.69, 9.17) is 4.74 Å². The Balaban J connectivity index is 3.06. The quantitative estimate of drug-likeness (QED) is 0.836. The van der Waals surface area contributed by atoms with Crippen molar-refractivity contribution in [3.8, 4) is 0 Å². The summed E-state index contributed by atoms with van der Waals surface area (Å²) in [7, 11) is 1.45. The number of hydrogen-bond acceptors (Lipinski definition) is 2. The van der Waals surface area contributed by atoms with Crippen LogP contribution in [0.15, 0.2) is 22.7 Å². The van der Waals surface area contributed by atoms with E-state index >= 15 is 0 Å². The Hall–Kier alpha value is -0.740. The molecule has 0 amide bonds. The molecule has 0 spiro atoms. The molecule has 0 bridgehead atoms. The van der Waals surface area contributed by atoms with Crippen LogP contribution in [0, 0.1) is 5.82 Å². The summed E-state index contributed by atoms with van der Waals surface area (Å²) in [5, 5.41) is 0. The Morgan fingerprint density at radius 2 is 2.21 bits per heavy atom. The average Bonchev–Trinajstić information content (AvgIpc) is 2.11. The van der Waals surface area contributed by atoms with E-state index in [-0.39, 0.29) is 11.6 Å². The van der Waals surface area contributed by atoms with Crippen molar-refractivity contribution >= 4 is 21.7 Å². The highest BCUT2D eigenvalue weighted by Crippen LogP contribution is 2.23. The Morgan fingerprint density at radius 3 is 2.64 bits per heavy atom. The maximum Gasteiger partial charge on any atom is 0.163 e. The van der Waals surface area contributed by atoms with Crippen LogP contribution in [-0.4, -0.2) is 12.9 Å². The summed E-state index contributed by atoms with van der Waals surface area (Å²) in [6, 6.07) is 4.38. The van der Waals surface area contributed by atoms with Crippen LogP contribution in [0.1, 0.15) is 18.6 Å². The van der Waals surface area contributed by atoms with Gasteiger partial charge in [0, 0.05) is 7.11 Å². The maximum atomic E-state index is 12.9. The van der Waals surface area contributed by atoms with Gasteiger partial charge in [-0.25, -0.2) is 4.39 Å². The summed E-state index contributed by atoms with van der Waals surface area (Å²) in [4.78, 5) is 11.1. The first-order chi connectivity index (χ1) is 6.56. The van der Waals surface area contributed by atoms with Crippen LogP contribution in [0.4, 0.5) is 4.39 Å². The zero-order valence-electron chi connectivity index (χ0n) is 7.88. The fraction of sp³-hybridized carbons (Fsp3) is 0.300. The summed E-state index contributed by atoms with van der Waals surface area (Å²) in [5.74, 6) is -0.460. The zero-order valence-corrected chi connectivity index (χ0v) is 9.47. The van der Waals surface area contributed by atoms with E-state index in [9.17, 15) is 9.18 Å². The van der Waals surface area contributed by atoms with Crippen molar-refractivity contribution in [3.05, 3.63) is 34.1 Å². The Morgan fingerprint density at radius 1 is 1.57 bits per heavy atom. The van der Waals surface area contributed by atoms with E-state index in [1.807, 2.05) is 0 Å². The minimum Gasteiger partial charge on any atom is -0.369 e. The lowest BCUT2D eigenvalue weighted by Gasteiger charge is -2.12. The van der Waals surface area contributed by atoms with Crippen LogP contribution in [-0.2, 0) is 9.53 Å². The molecule has 0 N–H and O–H groups in total. The molecule has 1 rings (SSSR count). The first-order valence-corrected chi connectivity index (χ1v) is 4.83. The second-order valence-corrected chi connectivity index (χ2v) is 3.75. The molecule has 0 aliphatic heterocycles. The number of carbonyl (C=O) groups excluding carboxylic acids is 1. The maximum absolute atomic E-state index is 12.9. The number of halogens is 2. The molecule has 1 unspecified atom stereocenters. The van der Waals surface area contributed by atoms with Gasteiger partial charge in [0.2, 0.25) is 0 Å². The third-order valence-corrected chi connectivity index (χ3v) is 2.46. The minimum atomic E-state index is -0.619. The predicted molar refractivity (Wildman–Crippen MR) is 54.5 cm³/mol. The van der Waals surface area contributed by atoms with Gasteiger partial charge in [-0.05, 0) is 40.5 Å². The molecule has 0 aliphatic rings. The van der Waals surface area contributed by atoms with Gasteiger partial charge in [-0.3, -0.25) is 4.79 Å². The lowest BCUT2D eigenvalue weighted by Crippen LogP contribution is -2.10. The topological polar surface area (TPSA) is 26.3 Å². The lowest BCUT2D eigenvalue weighted by atomic mass is 10.1. The van der Waals surface area contributed by atoms with Gasteiger partial charge < -0.3 is 4.74 Å². The molecule has 2 nitrogen and oxygen atoms in total. The molecule has 1 atom stereocenters. The standard InChI is InChI=1S/C10H10BrFO2/c1-6(13)10(14-2)7-3-4-9(12)8(11)5-7/h3-5,10H,1-2H3. The van der Waals surface area contributed by atoms with E-state index in [2.05, 4.69) is 15.9 Å². The molecule has 0 aliphatic carbocycles. The number of methoxy groups -OCH3 is 1. The number of rotatable bonds is 3. The fourth-order valence-electron chi connectivity index (χ4n) is 1.21. The first-order valence-electron chi connectivity index (χ1n) is 4.04. The van der Waals surface area contributed by atoms with Gasteiger partial charge >= 0.3 is 0 Å². The molecule has 0 heterocycles. The summed E-state index contributed by atoms with van der Waals surface area (Å²) < 4.78 is 18.2. The number of ether oxygens (including phenoxy) is 1. The summed E-state index contributed by atoms with van der Waals surface area (Å²) in [5.41, 5.74) is 0.647. The highest BCUT2D eigenvalue weighted by atomic mass is 79.9. The van der Waals surface area contributed by atoms with E-state index < -0.39 is 6.10 Å². The number of benzene rings is 1. The van der Waals surface area contributed by atoms with Crippen LogP contribution in [0.2, 0.25) is 0 Å². The SMILES string of the molecule is COC(C(C)=O)c1ccc(F)c(Br)c1. The molecule has 0 aromatic heterocycles. The van der Waals surface area contributed by atoms with Crippen molar-refractivity contribution in [2.75, 3.05) is 7.11 Å². The monoisotopic (exact) mass is 260 g/mol. The van der Waals surface area contributed by atoms with E-state index in [0.29, 0.717) is 10.0 Å². The van der Waals surface area contributed by atoms with Crippen LogP contribution in [0.25, 0.3) is 0 Å². The molecule has 0 radical (unpaired) electrons. The molecular formula is C10H10BrFO2. The smallest absolute Gasteiger partial charge is 0.163 e. The van der Waals surface area contributed by atoms with Gasteiger partial charge in [0.05, 0.1) is 4.47 Å². The van der Waals surface area contributed by atoms with Crippen molar-refractivity contribution in [2.24, 2.45) is 0 Å². The van der Waals surface area contributed by atoms with Crippen molar-refractivity contribution in [2.45, 2.75) is 13.0 Å². The van der Waals surface area contributed by atoms with Crippen LogP contribution in [0.5, 0.6) is 0 Å². The Labute approximate surface area is 90.2 Å². The highest BCUT2D eigenvalue weighted by Gasteiger charge is 2.16. The van der Waals surface area contributed by atoms with Gasteiger partial charge in [-0.1, -0.05) is 6.07 Å². The molecule has 14 heavy (non-hydrogen) atoms. The van der Waals surface area contributed by atoms with Crippen molar-refractivity contribution in [3.63, 3.8) is 0 Å². The highest BCUT2D eigenvalue weighted by molar-refractivity contribution is 9.10. The molecule has 4 heteroatoms. The third-order valence-electron chi connectivity index (χ3n) is 1.85. The zero-order chi connectivity index (χ0) is 10.7. The van der Waals surface area contributed by atoms with Gasteiger partial charge in [-0.15, -0.1) is 0 Å². The van der Waals surface area contributed by atoms with Gasteiger partial charge in [-0.2, -0.15) is 0 Å². The number of hydrogen-bond donors (Lipinski definition) is 0. The molecule has 0 saturated carbocycles. The second kappa shape index (κ2) is 4.66. The molecule has 1 aromatic rings. The Kier molecular flexibility index (Phi) is 3.77. The van der Waals surface area contributed by atoms with E-state index in [0.717, 1.165) is 0 Å². The minimum absolute atomic E-state index is 0.106. The van der Waals surface area contributed by atoms with Crippen molar-refractivity contribution < 1.29 is 13.9 Å².